The molecule has 0 atom stereocenters. The number of carbonyl (C=O) groups excluding carboxylic acids is 3. The summed E-state index contributed by atoms with van der Waals surface area (Å²) >= 11 is 0. The van der Waals surface area contributed by atoms with Crippen LogP contribution in [0, 0.1) is 0 Å². The van der Waals surface area contributed by atoms with Crippen LogP contribution in [0.4, 0.5) is 39.5 Å². The van der Waals surface area contributed by atoms with Crippen molar-refractivity contribution in [3.8, 4) is 0 Å². The van der Waals surface area contributed by atoms with E-state index < -0.39 is 52.3 Å². The largest absolute Gasteiger partial charge is 0.491 e. The number of alkyl halides is 9. The molecule has 0 fully saturated rings. The second-order valence-electron chi connectivity index (χ2n) is 3.52. The van der Waals surface area contributed by atoms with Gasteiger partial charge in [-0.3, -0.25) is 0 Å². The SMILES string of the molecule is O=C(OC([SiH3])(OC(=O)C(F)(F)F)OC(=O)C(F)(F)F)C(F)(F)F. The Kier molecular flexibility index (Phi) is 5.70. The fraction of sp³-hybridized carbons (Fsp3) is 0.571. The Bertz CT molecular complexity index is 423. The van der Waals surface area contributed by atoms with Crippen LogP contribution in [0.1, 0.15) is 0 Å². The lowest BCUT2D eigenvalue weighted by Gasteiger charge is -2.29. The molecule has 0 aliphatic carbocycles. The predicted molar refractivity (Wildman–Crippen MR) is 49.1 cm³/mol. The summed E-state index contributed by atoms with van der Waals surface area (Å²) < 4.78 is 117. The molecule has 134 valence electrons. The van der Waals surface area contributed by atoms with E-state index in [9.17, 15) is 53.9 Å². The van der Waals surface area contributed by atoms with E-state index in [1.807, 2.05) is 0 Å². The molecule has 0 N–H and O–H groups in total. The van der Waals surface area contributed by atoms with E-state index in [4.69, 9.17) is 0 Å². The molecule has 0 aliphatic heterocycles. The molecule has 0 rings (SSSR count). The summed E-state index contributed by atoms with van der Waals surface area (Å²) in [6, 6.07) is 0. The smallest absolute Gasteiger partial charge is 0.387 e. The second-order valence-corrected chi connectivity index (χ2v) is 4.75. The van der Waals surface area contributed by atoms with Crippen LogP contribution in [0.25, 0.3) is 0 Å². The summed E-state index contributed by atoms with van der Waals surface area (Å²) in [6.07, 6.45) is -17.7. The van der Waals surface area contributed by atoms with E-state index in [1.54, 1.807) is 0 Å². The Hall–Kier alpha value is -2.00. The van der Waals surface area contributed by atoms with E-state index in [2.05, 4.69) is 14.2 Å². The van der Waals surface area contributed by atoms with Crippen molar-refractivity contribution in [2.75, 3.05) is 0 Å². The van der Waals surface area contributed by atoms with Crippen molar-refractivity contribution in [1.82, 2.24) is 0 Å². The zero-order chi connectivity index (χ0) is 18.9. The first-order valence-corrected chi connectivity index (χ1v) is 5.79. The highest BCUT2D eigenvalue weighted by Crippen LogP contribution is 2.27. The highest BCUT2D eigenvalue weighted by Gasteiger charge is 2.54. The van der Waals surface area contributed by atoms with E-state index in [1.165, 1.54) is 0 Å². The number of halogens is 9. The maximum absolute atomic E-state index is 11.9. The molecule has 0 bridgehead atoms. The van der Waals surface area contributed by atoms with Crippen LogP contribution in [0.5, 0.6) is 0 Å². The van der Waals surface area contributed by atoms with Crippen molar-refractivity contribution >= 4 is 28.2 Å². The molecule has 0 aromatic carbocycles. The standard InChI is InChI=1S/C7H3F9O6Si/c8-4(9,10)1(17)20-7(23,21-2(18)5(11,12)13)22-3(19)6(14,15)16/h23H3. The Morgan fingerprint density at radius 2 is 0.739 bits per heavy atom. The summed E-state index contributed by atoms with van der Waals surface area (Å²) in [7, 11) is -1.52. The zero-order valence-corrected chi connectivity index (χ0v) is 12.4. The summed E-state index contributed by atoms with van der Waals surface area (Å²) in [5.74, 6) is -10.0. The van der Waals surface area contributed by atoms with Crippen LogP contribution in [-0.2, 0) is 28.6 Å². The van der Waals surface area contributed by atoms with E-state index >= 15 is 0 Å². The summed E-state index contributed by atoms with van der Waals surface area (Å²) in [5.41, 5.74) is -4.13. The summed E-state index contributed by atoms with van der Waals surface area (Å²) in [4.78, 5) is 31.4. The van der Waals surface area contributed by atoms with Gasteiger partial charge in [-0.25, -0.2) is 14.4 Å². The van der Waals surface area contributed by atoms with E-state index in [0.717, 1.165) is 0 Å². The predicted octanol–water partition coefficient (Wildman–Crippen LogP) is 0.280. The molecule has 0 radical (unpaired) electrons. The van der Waals surface area contributed by atoms with Gasteiger partial charge in [0.1, 0.15) is 0 Å². The van der Waals surface area contributed by atoms with Gasteiger partial charge < -0.3 is 14.2 Å². The molecule has 0 saturated carbocycles. The van der Waals surface area contributed by atoms with Crippen molar-refractivity contribution in [3.05, 3.63) is 0 Å². The van der Waals surface area contributed by atoms with Gasteiger partial charge in [0.2, 0.25) is 0 Å². The van der Waals surface area contributed by atoms with Crippen LogP contribution in [0.3, 0.4) is 0 Å². The zero-order valence-electron chi connectivity index (χ0n) is 10.4. The number of rotatable bonds is 3. The van der Waals surface area contributed by atoms with Crippen molar-refractivity contribution in [2.24, 2.45) is 0 Å². The van der Waals surface area contributed by atoms with Crippen molar-refractivity contribution in [3.63, 3.8) is 0 Å². The molecule has 0 saturated heterocycles. The lowest BCUT2D eigenvalue weighted by molar-refractivity contribution is -0.320. The normalized spacial score (nSPS) is 13.4. The second kappa shape index (κ2) is 6.24. The highest BCUT2D eigenvalue weighted by atomic mass is 28.1. The van der Waals surface area contributed by atoms with Crippen molar-refractivity contribution in [1.29, 1.82) is 0 Å². The molecule has 0 heterocycles. The summed E-state index contributed by atoms with van der Waals surface area (Å²) in [5, 5.41) is 0. The van der Waals surface area contributed by atoms with Crippen LogP contribution in [0.2, 0.25) is 0 Å². The first-order valence-electron chi connectivity index (χ1n) is 4.79. The van der Waals surface area contributed by atoms with Gasteiger partial charge in [0.05, 0.1) is 0 Å². The Balaban J connectivity index is 5.48. The van der Waals surface area contributed by atoms with Gasteiger partial charge in [0, 0.05) is 0 Å². The first kappa shape index (κ1) is 21.0. The fourth-order valence-corrected chi connectivity index (χ4v) is 1.30. The topological polar surface area (TPSA) is 78.9 Å². The van der Waals surface area contributed by atoms with Crippen LogP contribution in [-0.4, -0.2) is 52.3 Å². The Labute approximate surface area is 121 Å². The number of carbonyl (C=O) groups is 3. The van der Waals surface area contributed by atoms with Gasteiger partial charge in [-0.2, -0.15) is 39.5 Å². The van der Waals surface area contributed by atoms with Crippen molar-refractivity contribution in [2.45, 2.75) is 24.1 Å². The maximum Gasteiger partial charge on any atom is 0.491 e. The molecular weight excluding hydrogens is 379 g/mol. The van der Waals surface area contributed by atoms with Crippen molar-refractivity contribution < 1.29 is 68.1 Å². The molecular formula is C7H3F9O6Si. The molecule has 0 unspecified atom stereocenters. The average Bonchev–Trinajstić information content (AvgIpc) is 2.23. The minimum atomic E-state index is -5.88. The summed E-state index contributed by atoms with van der Waals surface area (Å²) in [6.45, 7) is 0. The molecule has 0 aromatic heterocycles. The monoisotopic (exact) mass is 382 g/mol. The number of esters is 3. The third kappa shape index (κ3) is 6.74. The Morgan fingerprint density at radius 3 is 0.870 bits per heavy atom. The van der Waals surface area contributed by atoms with E-state index in [-0.39, 0.29) is 0 Å². The molecule has 6 nitrogen and oxygen atoms in total. The van der Waals surface area contributed by atoms with Gasteiger partial charge in [-0.15, -0.1) is 0 Å². The van der Waals surface area contributed by atoms with Crippen LogP contribution < -0.4 is 0 Å². The number of hydrogen-bond donors (Lipinski definition) is 0. The molecule has 0 aliphatic rings. The maximum atomic E-state index is 11.9. The molecule has 0 spiro atoms. The fourth-order valence-electron chi connectivity index (χ4n) is 0.741. The highest BCUT2D eigenvalue weighted by molar-refractivity contribution is 6.14. The van der Waals surface area contributed by atoms with Gasteiger partial charge in [-0.05, 0) is 0 Å². The molecule has 0 aromatic rings. The van der Waals surface area contributed by atoms with E-state index in [0.29, 0.717) is 0 Å². The quantitative estimate of drug-likeness (QED) is 0.302. The van der Waals surface area contributed by atoms with Crippen LogP contribution in [0.15, 0.2) is 0 Å². The van der Waals surface area contributed by atoms with Gasteiger partial charge in [0.25, 0.3) is 0 Å². The lowest BCUT2D eigenvalue weighted by atomic mass is 10.6. The van der Waals surface area contributed by atoms with Gasteiger partial charge in [-0.1, -0.05) is 0 Å². The lowest BCUT2D eigenvalue weighted by Crippen LogP contribution is -2.51. The molecule has 23 heavy (non-hydrogen) atoms. The minimum absolute atomic E-state index is 1.52. The van der Waals surface area contributed by atoms with Gasteiger partial charge >= 0.3 is 42.0 Å². The third-order valence-electron chi connectivity index (χ3n) is 1.53. The third-order valence-corrected chi connectivity index (χ3v) is 2.14. The van der Waals surface area contributed by atoms with Crippen LogP contribution >= 0.6 is 0 Å². The average molecular weight is 382 g/mol. The number of ether oxygens (including phenoxy) is 3. The number of hydrogen-bond acceptors (Lipinski definition) is 6. The molecule has 16 heteroatoms. The molecule has 0 amide bonds. The first-order chi connectivity index (χ1) is 9.88. The minimum Gasteiger partial charge on any atom is -0.387 e. The Morgan fingerprint density at radius 1 is 0.565 bits per heavy atom. The van der Waals surface area contributed by atoms with Gasteiger partial charge in [0.15, 0.2) is 10.2 Å².